The smallest absolute Gasteiger partial charge is 0.433 e. The van der Waals surface area contributed by atoms with Crippen LogP contribution in [0.15, 0.2) is 47.2 Å². The van der Waals surface area contributed by atoms with Gasteiger partial charge in [-0.1, -0.05) is 19.9 Å². The van der Waals surface area contributed by atoms with Gasteiger partial charge in [-0.25, -0.2) is 23.6 Å². The van der Waals surface area contributed by atoms with Gasteiger partial charge < -0.3 is 18.8 Å². The minimum absolute atomic E-state index is 0.0309. The number of imidazole rings is 1. The number of aliphatic imine (C=N–C) groups is 1. The van der Waals surface area contributed by atoms with Gasteiger partial charge >= 0.3 is 12.3 Å². The lowest BCUT2D eigenvalue weighted by Crippen LogP contribution is -2.46. The third-order valence-corrected chi connectivity index (χ3v) is 6.80. The predicted molar refractivity (Wildman–Crippen MR) is 144 cm³/mol. The predicted octanol–water partition coefficient (Wildman–Crippen LogP) is 6.51. The molecule has 0 radical (unpaired) electrons. The number of morpholine rings is 1. The summed E-state index contributed by atoms with van der Waals surface area (Å²) >= 11 is 0. The fourth-order valence-corrected chi connectivity index (χ4v) is 4.84. The van der Waals surface area contributed by atoms with Gasteiger partial charge in [0, 0.05) is 24.7 Å². The van der Waals surface area contributed by atoms with Crippen LogP contribution in [0, 0.1) is 24.5 Å². The van der Waals surface area contributed by atoms with E-state index in [0.717, 1.165) is 23.8 Å². The molecule has 1 aliphatic rings. The number of allylic oxidation sites excluding steroid dienone is 2. The summed E-state index contributed by atoms with van der Waals surface area (Å²) in [5.41, 5.74) is 0.0259. The number of hydrogen-bond acceptors (Lipinski definition) is 5. The number of fused-ring (bicyclic) bond motifs is 1. The number of alkyl halides is 3. The molecule has 12 heteroatoms. The maximum absolute atomic E-state index is 15.8. The van der Waals surface area contributed by atoms with Crippen LogP contribution in [0.4, 0.5) is 26.7 Å². The highest BCUT2D eigenvalue weighted by atomic mass is 19.4. The number of aromatic nitrogens is 2. The van der Waals surface area contributed by atoms with Gasteiger partial charge in [0.05, 0.1) is 49.0 Å². The number of methoxy groups -OCH3 is 1. The van der Waals surface area contributed by atoms with Crippen LogP contribution in [0.3, 0.4) is 0 Å². The maximum atomic E-state index is 15.8. The minimum Gasteiger partial charge on any atom is -0.453 e. The normalized spacial score (nSPS) is 17.0. The molecule has 1 saturated heterocycles. The maximum Gasteiger partial charge on any atom is 0.433 e. The average molecular weight is 579 g/mol. The molecule has 1 fully saturated rings. The number of benzene rings is 1. The summed E-state index contributed by atoms with van der Waals surface area (Å²) in [5.74, 6) is -2.55. The van der Waals surface area contributed by atoms with E-state index in [4.69, 9.17) is 9.47 Å². The highest BCUT2D eigenvalue weighted by Crippen LogP contribution is 2.34. The van der Waals surface area contributed by atoms with E-state index in [-0.39, 0.29) is 36.5 Å². The largest absolute Gasteiger partial charge is 0.453 e. The summed E-state index contributed by atoms with van der Waals surface area (Å²) in [7, 11) is 1.28. The number of nitrogens with zero attached hydrogens (tertiary/aromatic N) is 4. The number of pyridine rings is 1. The number of aryl methyl sites for hydroxylation is 1. The Morgan fingerprint density at radius 3 is 2.51 bits per heavy atom. The molecule has 0 spiro atoms. The molecule has 0 unspecified atom stereocenters. The van der Waals surface area contributed by atoms with Crippen LogP contribution < -0.4 is 0 Å². The Morgan fingerprint density at radius 1 is 1.24 bits per heavy atom. The van der Waals surface area contributed by atoms with Gasteiger partial charge in [0.2, 0.25) is 0 Å². The molecule has 3 heterocycles. The van der Waals surface area contributed by atoms with Crippen LogP contribution in [-0.4, -0.2) is 65.2 Å². The standard InChI is InChI=1S/C29H31F5N4O3/c1-6-23(29(32,33)34)35-26(16(2)3)18-12-20(30)25(21(31)13-18)27-22(38-8-7-17(4)11-24(38)36-27)14-19-15-37(9-10-41-19)28(39)40-5/h6-8,11-13,16,19H,9-10,14-15H2,1-5H3/b23-6-,35-26+/t19-/m0/s1. The Labute approximate surface area is 234 Å². The molecular formula is C29H31F5N4O3. The zero-order valence-electron chi connectivity index (χ0n) is 23.4. The van der Waals surface area contributed by atoms with Gasteiger partial charge in [0.15, 0.2) is 0 Å². The molecule has 3 aromatic rings. The van der Waals surface area contributed by atoms with Crippen LogP contribution >= 0.6 is 0 Å². The first-order chi connectivity index (χ1) is 19.3. The lowest BCUT2D eigenvalue weighted by atomic mass is 9.96. The summed E-state index contributed by atoms with van der Waals surface area (Å²) < 4.78 is 84.1. The van der Waals surface area contributed by atoms with Gasteiger partial charge in [0.25, 0.3) is 0 Å². The summed E-state index contributed by atoms with van der Waals surface area (Å²) in [6.07, 6.45) is -3.02. The number of halogens is 5. The Hall–Kier alpha value is -3.80. The number of hydrogen-bond donors (Lipinski definition) is 0. The van der Waals surface area contributed by atoms with Crippen LogP contribution in [0.2, 0.25) is 0 Å². The van der Waals surface area contributed by atoms with Crippen molar-refractivity contribution in [2.24, 2.45) is 10.9 Å². The van der Waals surface area contributed by atoms with Gasteiger partial charge in [-0.2, -0.15) is 13.2 Å². The van der Waals surface area contributed by atoms with E-state index in [2.05, 4.69) is 9.98 Å². The zero-order chi connectivity index (χ0) is 30.1. The van der Waals surface area contributed by atoms with Crippen molar-refractivity contribution in [1.82, 2.24) is 14.3 Å². The third kappa shape index (κ3) is 6.42. The highest BCUT2D eigenvalue weighted by molar-refractivity contribution is 6.03. The summed E-state index contributed by atoms with van der Waals surface area (Å²) in [4.78, 5) is 21.8. The van der Waals surface area contributed by atoms with Crippen molar-refractivity contribution in [1.29, 1.82) is 0 Å². The lowest BCUT2D eigenvalue weighted by Gasteiger charge is -2.32. The molecular weight excluding hydrogens is 547 g/mol. The Balaban J connectivity index is 1.81. The van der Waals surface area contributed by atoms with Crippen LogP contribution in [0.5, 0.6) is 0 Å². The fourth-order valence-electron chi connectivity index (χ4n) is 4.84. The summed E-state index contributed by atoms with van der Waals surface area (Å²) in [6, 6.07) is 5.55. The number of rotatable bonds is 6. The summed E-state index contributed by atoms with van der Waals surface area (Å²) in [5, 5.41) is 0. The molecule has 0 aliphatic carbocycles. The van der Waals surface area contributed by atoms with Crippen molar-refractivity contribution < 1.29 is 36.2 Å². The molecule has 0 bridgehead atoms. The number of carbonyl (C=O) groups is 1. The van der Waals surface area contributed by atoms with Crippen LogP contribution in [0.25, 0.3) is 16.9 Å². The van der Waals surface area contributed by atoms with Crippen molar-refractivity contribution >= 4 is 17.5 Å². The zero-order valence-corrected chi connectivity index (χ0v) is 23.4. The third-order valence-electron chi connectivity index (χ3n) is 6.80. The molecule has 0 saturated carbocycles. The first-order valence-corrected chi connectivity index (χ1v) is 13.1. The first kappa shape index (κ1) is 30.2. The van der Waals surface area contributed by atoms with E-state index in [1.807, 2.05) is 13.0 Å². The number of carbonyl (C=O) groups excluding carboxylic acids is 1. The Bertz CT molecular complexity index is 1490. The lowest BCUT2D eigenvalue weighted by molar-refractivity contribution is -0.0924. The molecule has 2 aromatic heterocycles. The number of amides is 1. The van der Waals surface area contributed by atoms with Gasteiger partial charge in [0.1, 0.15) is 23.0 Å². The molecule has 0 N–H and O–H groups in total. The molecule has 1 aromatic carbocycles. The van der Waals surface area contributed by atoms with E-state index in [9.17, 15) is 18.0 Å². The van der Waals surface area contributed by atoms with Gasteiger partial charge in [-0.15, -0.1) is 0 Å². The second kappa shape index (κ2) is 12.0. The molecule has 1 amide bonds. The summed E-state index contributed by atoms with van der Waals surface area (Å²) in [6.45, 7) is 7.04. The average Bonchev–Trinajstić information content (AvgIpc) is 3.23. The van der Waals surface area contributed by atoms with Crippen molar-refractivity contribution in [3.8, 4) is 11.3 Å². The first-order valence-electron chi connectivity index (χ1n) is 13.1. The van der Waals surface area contributed by atoms with Crippen molar-refractivity contribution in [2.75, 3.05) is 26.8 Å². The van der Waals surface area contributed by atoms with Crippen molar-refractivity contribution in [3.63, 3.8) is 0 Å². The minimum atomic E-state index is -4.72. The van der Waals surface area contributed by atoms with Crippen LogP contribution in [0.1, 0.15) is 37.6 Å². The topological polar surface area (TPSA) is 68.4 Å². The van der Waals surface area contributed by atoms with E-state index < -0.39 is 47.2 Å². The quantitative estimate of drug-likeness (QED) is 0.247. The molecule has 220 valence electrons. The monoisotopic (exact) mass is 578 g/mol. The molecule has 4 rings (SSSR count). The van der Waals surface area contributed by atoms with E-state index in [0.29, 0.717) is 17.9 Å². The van der Waals surface area contributed by atoms with E-state index >= 15 is 8.78 Å². The van der Waals surface area contributed by atoms with Gasteiger partial charge in [-0.05, 0) is 49.6 Å². The molecule has 1 atom stereocenters. The Kier molecular flexibility index (Phi) is 8.81. The van der Waals surface area contributed by atoms with Crippen molar-refractivity contribution in [2.45, 2.75) is 46.4 Å². The van der Waals surface area contributed by atoms with Crippen molar-refractivity contribution in [3.05, 3.63) is 70.7 Å². The van der Waals surface area contributed by atoms with E-state index in [1.54, 1.807) is 30.5 Å². The SMILES string of the molecule is C/C=C(\N=C(\c1cc(F)c(-c2nc3cc(C)ccn3c2C[C@H]2CN(C(=O)OC)CCO2)c(F)c1)C(C)C)C(F)(F)F. The molecule has 7 nitrogen and oxygen atoms in total. The molecule has 41 heavy (non-hydrogen) atoms. The fraction of sp³-hybridized carbons (Fsp3) is 0.414. The van der Waals surface area contributed by atoms with E-state index in [1.165, 1.54) is 18.9 Å². The van der Waals surface area contributed by atoms with Crippen LogP contribution in [-0.2, 0) is 15.9 Å². The second-order valence-electron chi connectivity index (χ2n) is 10.1. The highest BCUT2D eigenvalue weighted by Gasteiger charge is 2.34. The number of ether oxygens (including phenoxy) is 2. The Morgan fingerprint density at radius 2 is 1.93 bits per heavy atom. The second-order valence-corrected chi connectivity index (χ2v) is 10.1. The molecule has 1 aliphatic heterocycles. The van der Waals surface area contributed by atoms with Gasteiger partial charge in [-0.3, -0.25) is 0 Å².